The number of hydrogen-bond donors (Lipinski definition) is 2. The molecule has 0 fully saturated rings. The van der Waals surface area contributed by atoms with Crippen molar-refractivity contribution in [2.24, 2.45) is 0 Å². The fourth-order valence-corrected chi connectivity index (χ4v) is 2.74. The van der Waals surface area contributed by atoms with E-state index in [0.29, 0.717) is 10.7 Å². The maximum absolute atomic E-state index is 6.23. The molecule has 0 radical (unpaired) electrons. The van der Waals surface area contributed by atoms with Crippen molar-refractivity contribution in [1.82, 2.24) is 4.98 Å². The number of aromatic nitrogens is 1. The van der Waals surface area contributed by atoms with E-state index in [4.69, 9.17) is 17.3 Å². The van der Waals surface area contributed by atoms with Gasteiger partial charge in [-0.2, -0.15) is 0 Å². The number of fused-ring (bicyclic) bond motifs is 1. The Morgan fingerprint density at radius 3 is 2.75 bits per heavy atom. The van der Waals surface area contributed by atoms with Crippen LogP contribution >= 0.6 is 27.5 Å². The molecule has 3 rings (SSSR count). The second-order valence-corrected chi connectivity index (χ2v) is 5.68. The van der Waals surface area contributed by atoms with Crippen molar-refractivity contribution >= 4 is 55.5 Å². The Morgan fingerprint density at radius 2 is 1.95 bits per heavy atom. The normalized spacial score (nSPS) is 10.7. The first-order valence-corrected chi connectivity index (χ1v) is 7.17. The van der Waals surface area contributed by atoms with E-state index >= 15 is 0 Å². The van der Waals surface area contributed by atoms with Crippen LogP contribution in [0.2, 0.25) is 5.02 Å². The van der Waals surface area contributed by atoms with E-state index in [1.54, 1.807) is 6.20 Å². The summed E-state index contributed by atoms with van der Waals surface area (Å²) in [7, 11) is 0. The number of benzene rings is 2. The second kappa shape index (κ2) is 5.31. The summed E-state index contributed by atoms with van der Waals surface area (Å²) in [6.45, 7) is 0. The van der Waals surface area contributed by atoms with Crippen LogP contribution in [0.25, 0.3) is 10.9 Å². The maximum Gasteiger partial charge on any atom is 0.0746 e. The number of para-hydroxylation sites is 1. The summed E-state index contributed by atoms with van der Waals surface area (Å²) in [5, 5.41) is 4.88. The highest BCUT2D eigenvalue weighted by atomic mass is 79.9. The summed E-state index contributed by atoms with van der Waals surface area (Å²) in [5.41, 5.74) is 9.13. The minimum absolute atomic E-state index is 0.586. The zero-order chi connectivity index (χ0) is 14.1. The molecule has 3 nitrogen and oxygen atoms in total. The van der Waals surface area contributed by atoms with E-state index in [0.717, 1.165) is 26.8 Å². The molecule has 0 unspecified atom stereocenters. The Labute approximate surface area is 129 Å². The van der Waals surface area contributed by atoms with Crippen LogP contribution in [-0.2, 0) is 0 Å². The average Bonchev–Trinajstić information content (AvgIpc) is 2.44. The molecular formula is C15H11BrClN3. The lowest BCUT2D eigenvalue weighted by molar-refractivity contribution is 1.40. The van der Waals surface area contributed by atoms with E-state index in [1.807, 2.05) is 42.5 Å². The highest BCUT2D eigenvalue weighted by molar-refractivity contribution is 9.10. The minimum Gasteiger partial charge on any atom is -0.396 e. The molecule has 3 N–H and O–H groups in total. The van der Waals surface area contributed by atoms with Crippen LogP contribution in [0.5, 0.6) is 0 Å². The van der Waals surface area contributed by atoms with Gasteiger partial charge in [-0.3, -0.25) is 4.98 Å². The molecule has 0 aliphatic rings. The Morgan fingerprint density at radius 1 is 1.15 bits per heavy atom. The van der Waals surface area contributed by atoms with Crippen molar-refractivity contribution in [2.75, 3.05) is 11.1 Å². The number of halogens is 2. The van der Waals surface area contributed by atoms with Crippen molar-refractivity contribution in [2.45, 2.75) is 0 Å². The van der Waals surface area contributed by atoms with Gasteiger partial charge in [0, 0.05) is 9.86 Å². The molecule has 0 saturated carbocycles. The van der Waals surface area contributed by atoms with E-state index < -0.39 is 0 Å². The first-order chi connectivity index (χ1) is 9.65. The fourth-order valence-electron chi connectivity index (χ4n) is 2.02. The van der Waals surface area contributed by atoms with E-state index in [1.165, 1.54) is 0 Å². The highest BCUT2D eigenvalue weighted by Crippen LogP contribution is 2.34. The van der Waals surface area contributed by atoms with E-state index in [2.05, 4.69) is 26.2 Å². The monoisotopic (exact) mass is 347 g/mol. The van der Waals surface area contributed by atoms with E-state index in [9.17, 15) is 0 Å². The largest absolute Gasteiger partial charge is 0.396 e. The molecule has 0 aliphatic heterocycles. The van der Waals surface area contributed by atoms with Gasteiger partial charge in [0.25, 0.3) is 0 Å². The first-order valence-electron chi connectivity index (χ1n) is 6.00. The predicted molar refractivity (Wildman–Crippen MR) is 88.6 cm³/mol. The lowest BCUT2D eigenvalue weighted by atomic mass is 10.1. The number of nitrogens with two attached hydrogens (primary N) is 1. The number of anilines is 3. The molecule has 0 amide bonds. The summed E-state index contributed by atoms with van der Waals surface area (Å²) in [6.07, 6.45) is 1.65. The molecule has 5 heteroatoms. The molecule has 20 heavy (non-hydrogen) atoms. The minimum atomic E-state index is 0.586. The fraction of sp³-hybridized carbons (Fsp3) is 0. The third kappa shape index (κ3) is 2.44. The number of nitrogens with zero attached hydrogens (tertiary/aromatic N) is 1. The summed E-state index contributed by atoms with van der Waals surface area (Å²) in [6, 6.07) is 13.5. The van der Waals surface area contributed by atoms with Crippen LogP contribution in [-0.4, -0.2) is 4.98 Å². The summed E-state index contributed by atoms with van der Waals surface area (Å²) in [5.74, 6) is 0. The molecule has 100 valence electrons. The van der Waals surface area contributed by atoms with Gasteiger partial charge in [-0.05, 0) is 24.3 Å². The highest BCUT2D eigenvalue weighted by Gasteiger charge is 2.08. The molecule has 1 aromatic heterocycles. The average molecular weight is 349 g/mol. The summed E-state index contributed by atoms with van der Waals surface area (Å²) < 4.78 is 0.931. The van der Waals surface area contributed by atoms with Gasteiger partial charge in [0.05, 0.1) is 33.8 Å². The van der Waals surface area contributed by atoms with Crippen molar-refractivity contribution in [3.63, 3.8) is 0 Å². The van der Waals surface area contributed by atoms with Crippen molar-refractivity contribution in [3.05, 3.63) is 58.2 Å². The van der Waals surface area contributed by atoms with Crippen LogP contribution < -0.4 is 11.1 Å². The maximum atomic E-state index is 6.23. The van der Waals surface area contributed by atoms with Crippen molar-refractivity contribution in [1.29, 1.82) is 0 Å². The van der Waals surface area contributed by atoms with Crippen LogP contribution in [0.3, 0.4) is 0 Å². The number of hydrogen-bond acceptors (Lipinski definition) is 3. The molecule has 1 heterocycles. The van der Waals surface area contributed by atoms with Crippen LogP contribution in [0, 0.1) is 0 Å². The number of pyridine rings is 1. The lowest BCUT2D eigenvalue weighted by Crippen LogP contribution is -1.99. The van der Waals surface area contributed by atoms with Crippen LogP contribution in [0.1, 0.15) is 0 Å². The third-order valence-corrected chi connectivity index (χ3v) is 3.80. The second-order valence-electron chi connectivity index (χ2n) is 4.35. The molecule has 2 aromatic carbocycles. The SMILES string of the molecule is Nc1cnc2ccccc2c1Nc1ccc(Br)cc1Cl. The van der Waals surface area contributed by atoms with Gasteiger partial charge < -0.3 is 11.1 Å². The van der Waals surface area contributed by atoms with Gasteiger partial charge in [-0.1, -0.05) is 45.7 Å². The third-order valence-electron chi connectivity index (χ3n) is 3.00. The standard InChI is InChI=1S/C15H11BrClN3/c16-9-5-6-14(11(17)7-9)20-15-10-3-1-2-4-13(10)19-8-12(15)18/h1-8H,18H2,(H,19,20). The predicted octanol–water partition coefficient (Wildman–Crippen LogP) is 4.98. The molecule has 0 atom stereocenters. The van der Waals surface area contributed by atoms with Gasteiger partial charge in [-0.15, -0.1) is 0 Å². The van der Waals surface area contributed by atoms with Gasteiger partial charge in [0.1, 0.15) is 0 Å². The molecule has 0 spiro atoms. The first kappa shape index (κ1) is 13.2. The summed E-state index contributed by atoms with van der Waals surface area (Å²) >= 11 is 9.62. The Kier molecular flexibility index (Phi) is 3.51. The number of nitrogens with one attached hydrogen (secondary N) is 1. The Bertz CT molecular complexity index is 789. The van der Waals surface area contributed by atoms with Gasteiger partial charge in [-0.25, -0.2) is 0 Å². The zero-order valence-corrected chi connectivity index (χ0v) is 12.7. The van der Waals surface area contributed by atoms with Crippen molar-refractivity contribution in [3.8, 4) is 0 Å². The zero-order valence-electron chi connectivity index (χ0n) is 10.4. The Hall–Kier alpha value is -1.78. The Balaban J connectivity index is 2.12. The molecule has 0 bridgehead atoms. The van der Waals surface area contributed by atoms with Crippen LogP contribution in [0.4, 0.5) is 17.1 Å². The lowest BCUT2D eigenvalue weighted by Gasteiger charge is -2.13. The van der Waals surface area contributed by atoms with E-state index in [-0.39, 0.29) is 0 Å². The van der Waals surface area contributed by atoms with Gasteiger partial charge in [0.15, 0.2) is 0 Å². The van der Waals surface area contributed by atoms with Gasteiger partial charge in [0.2, 0.25) is 0 Å². The van der Waals surface area contributed by atoms with Crippen LogP contribution in [0.15, 0.2) is 53.1 Å². The van der Waals surface area contributed by atoms with Crippen molar-refractivity contribution < 1.29 is 0 Å². The number of rotatable bonds is 2. The molecular weight excluding hydrogens is 338 g/mol. The molecule has 0 aliphatic carbocycles. The number of nitrogen functional groups attached to an aromatic ring is 1. The molecule has 3 aromatic rings. The van der Waals surface area contributed by atoms with Gasteiger partial charge >= 0.3 is 0 Å². The topological polar surface area (TPSA) is 50.9 Å². The quantitative estimate of drug-likeness (QED) is 0.687. The smallest absolute Gasteiger partial charge is 0.0746 e. The summed E-state index contributed by atoms with van der Waals surface area (Å²) in [4.78, 5) is 4.31. The molecule has 0 saturated heterocycles.